The zero-order valence-electron chi connectivity index (χ0n) is 12.1. The molecule has 0 aliphatic heterocycles. The van der Waals surface area contributed by atoms with Gasteiger partial charge in [-0.1, -0.05) is 0 Å². The number of nitrogens with one attached hydrogen (secondary N) is 1. The van der Waals surface area contributed by atoms with Crippen molar-refractivity contribution >= 4 is 39.4 Å². The molecule has 2 heterocycles. The summed E-state index contributed by atoms with van der Waals surface area (Å²) >= 11 is 1.43. The first-order valence-electron chi connectivity index (χ1n) is 6.72. The minimum atomic E-state index is -0.569. The van der Waals surface area contributed by atoms with E-state index in [0.29, 0.717) is 5.56 Å². The number of rotatable bonds is 4. The summed E-state index contributed by atoms with van der Waals surface area (Å²) in [6.45, 7) is 1.38. The van der Waals surface area contributed by atoms with Gasteiger partial charge in [0.15, 0.2) is 6.61 Å². The number of hydrogen-bond donors (Lipinski definition) is 1. The van der Waals surface area contributed by atoms with Crippen molar-refractivity contribution in [3.05, 3.63) is 47.2 Å². The summed E-state index contributed by atoms with van der Waals surface area (Å²) < 4.78 is 5.88. The molecule has 3 aromatic rings. The van der Waals surface area contributed by atoms with Gasteiger partial charge in [0.1, 0.15) is 0 Å². The van der Waals surface area contributed by atoms with Crippen LogP contribution in [0.1, 0.15) is 16.1 Å². The molecule has 3 rings (SSSR count). The van der Waals surface area contributed by atoms with Crippen molar-refractivity contribution < 1.29 is 14.3 Å². The van der Waals surface area contributed by atoms with Crippen molar-refractivity contribution in [1.82, 2.24) is 15.0 Å². The number of hydrogen-bond acceptors (Lipinski definition) is 7. The van der Waals surface area contributed by atoms with Crippen molar-refractivity contribution in [3.63, 3.8) is 0 Å². The van der Waals surface area contributed by atoms with Crippen LogP contribution in [0.2, 0.25) is 0 Å². The Morgan fingerprint density at radius 1 is 1.26 bits per heavy atom. The number of fused-ring (bicyclic) bond motifs is 1. The largest absolute Gasteiger partial charge is 0.452 e. The quantitative estimate of drug-likeness (QED) is 0.738. The van der Waals surface area contributed by atoms with E-state index in [2.05, 4.69) is 20.3 Å². The number of carbonyl (C=O) groups is 2. The smallest absolute Gasteiger partial charge is 0.338 e. The molecule has 2 aromatic heterocycles. The van der Waals surface area contributed by atoms with Crippen LogP contribution in [-0.4, -0.2) is 33.4 Å². The van der Waals surface area contributed by atoms with Gasteiger partial charge in [-0.2, -0.15) is 0 Å². The topological polar surface area (TPSA) is 94.1 Å². The molecule has 0 aliphatic carbocycles. The fourth-order valence-electron chi connectivity index (χ4n) is 1.87. The van der Waals surface area contributed by atoms with E-state index in [9.17, 15) is 9.59 Å². The Morgan fingerprint density at radius 2 is 2.13 bits per heavy atom. The molecule has 0 fully saturated rings. The normalized spacial score (nSPS) is 10.5. The predicted molar refractivity (Wildman–Crippen MR) is 85.3 cm³/mol. The number of anilines is 1. The van der Waals surface area contributed by atoms with Gasteiger partial charge in [0, 0.05) is 11.9 Å². The molecule has 1 N–H and O–H groups in total. The maximum absolute atomic E-state index is 12.0. The van der Waals surface area contributed by atoms with Gasteiger partial charge in [0.05, 0.1) is 21.3 Å². The number of thiazole rings is 1. The number of aryl methyl sites for hydroxylation is 1. The lowest BCUT2D eigenvalue weighted by Gasteiger charge is -2.06. The first-order valence-corrected chi connectivity index (χ1v) is 7.59. The number of benzene rings is 1. The molecule has 7 nitrogen and oxygen atoms in total. The van der Waals surface area contributed by atoms with E-state index in [0.717, 1.165) is 15.9 Å². The Hall–Kier alpha value is -2.87. The van der Waals surface area contributed by atoms with E-state index in [1.54, 1.807) is 36.7 Å². The highest BCUT2D eigenvalue weighted by molar-refractivity contribution is 7.16. The van der Waals surface area contributed by atoms with Crippen molar-refractivity contribution in [2.75, 3.05) is 11.9 Å². The Bertz CT molecular complexity index is 878. The summed E-state index contributed by atoms with van der Waals surface area (Å²) in [6, 6.07) is 6.76. The number of carbonyl (C=O) groups excluding carboxylic acids is 2. The first-order chi connectivity index (χ1) is 11.1. The number of nitrogens with zero attached hydrogens (tertiary/aromatic N) is 3. The average molecular weight is 328 g/mol. The third-order valence-corrected chi connectivity index (χ3v) is 3.74. The zero-order chi connectivity index (χ0) is 16.2. The predicted octanol–water partition coefficient (Wildman–Crippen LogP) is 2.19. The van der Waals surface area contributed by atoms with Gasteiger partial charge in [0.2, 0.25) is 5.95 Å². The van der Waals surface area contributed by atoms with Crippen LogP contribution in [0.15, 0.2) is 36.0 Å². The van der Waals surface area contributed by atoms with Crippen molar-refractivity contribution in [2.24, 2.45) is 0 Å². The molecule has 0 saturated carbocycles. The van der Waals surface area contributed by atoms with Crippen LogP contribution >= 0.6 is 11.3 Å². The molecule has 0 aliphatic rings. The highest BCUT2D eigenvalue weighted by Crippen LogP contribution is 2.19. The van der Waals surface area contributed by atoms with E-state index >= 15 is 0 Å². The summed E-state index contributed by atoms with van der Waals surface area (Å²) in [4.78, 5) is 35.8. The number of ether oxygens (including phenoxy) is 1. The molecule has 116 valence electrons. The van der Waals surface area contributed by atoms with E-state index in [4.69, 9.17) is 4.74 Å². The second kappa shape index (κ2) is 6.49. The van der Waals surface area contributed by atoms with Crippen LogP contribution in [-0.2, 0) is 9.53 Å². The average Bonchev–Trinajstić information content (AvgIpc) is 3.00. The summed E-state index contributed by atoms with van der Waals surface area (Å²) in [5, 5.41) is 2.47. The van der Waals surface area contributed by atoms with E-state index in [1.807, 2.05) is 0 Å². The highest BCUT2D eigenvalue weighted by atomic mass is 32.1. The van der Waals surface area contributed by atoms with Crippen molar-refractivity contribution in [1.29, 1.82) is 0 Å². The van der Waals surface area contributed by atoms with Gasteiger partial charge < -0.3 is 4.74 Å². The third kappa shape index (κ3) is 3.67. The van der Waals surface area contributed by atoms with Gasteiger partial charge in [-0.05, 0) is 31.2 Å². The minimum Gasteiger partial charge on any atom is -0.452 e. The lowest BCUT2D eigenvalue weighted by molar-refractivity contribution is -0.119. The lowest BCUT2D eigenvalue weighted by atomic mass is 10.2. The summed E-state index contributed by atoms with van der Waals surface area (Å²) in [7, 11) is 0. The first kappa shape index (κ1) is 15.0. The van der Waals surface area contributed by atoms with Gasteiger partial charge in [0.25, 0.3) is 5.91 Å². The molecule has 0 bridgehead atoms. The standard InChI is InChI=1S/C15H12N4O3S/c1-9-4-5-16-15(18-9)19-13(20)7-22-14(21)10-2-3-11-12(6-10)23-8-17-11/h2-6,8H,7H2,1H3,(H,16,18,19,20). The van der Waals surface area contributed by atoms with Crippen LogP contribution in [0.3, 0.4) is 0 Å². The fourth-order valence-corrected chi connectivity index (χ4v) is 2.58. The Morgan fingerprint density at radius 3 is 2.96 bits per heavy atom. The van der Waals surface area contributed by atoms with E-state index in [-0.39, 0.29) is 5.95 Å². The molecule has 0 atom stereocenters. The van der Waals surface area contributed by atoms with Gasteiger partial charge in [-0.15, -0.1) is 11.3 Å². The molecule has 0 saturated heterocycles. The molecular weight excluding hydrogens is 316 g/mol. The molecule has 1 aromatic carbocycles. The van der Waals surface area contributed by atoms with E-state index in [1.165, 1.54) is 17.5 Å². The molecule has 0 unspecified atom stereocenters. The van der Waals surface area contributed by atoms with Gasteiger partial charge in [-0.3, -0.25) is 10.1 Å². The second-order valence-corrected chi connectivity index (χ2v) is 5.57. The van der Waals surface area contributed by atoms with Crippen LogP contribution in [0, 0.1) is 6.92 Å². The van der Waals surface area contributed by atoms with Crippen molar-refractivity contribution in [2.45, 2.75) is 6.92 Å². The minimum absolute atomic E-state index is 0.178. The summed E-state index contributed by atoms with van der Waals surface area (Å²) in [5.74, 6) is -0.888. The number of aromatic nitrogens is 3. The second-order valence-electron chi connectivity index (χ2n) is 4.68. The Labute approximate surface area is 135 Å². The Balaban J connectivity index is 1.58. The number of esters is 1. The van der Waals surface area contributed by atoms with Gasteiger partial charge in [-0.25, -0.2) is 19.7 Å². The van der Waals surface area contributed by atoms with Crippen molar-refractivity contribution in [3.8, 4) is 0 Å². The zero-order valence-corrected chi connectivity index (χ0v) is 13.0. The molecule has 8 heteroatoms. The Kier molecular flexibility index (Phi) is 4.24. The summed E-state index contributed by atoms with van der Waals surface area (Å²) in [6.07, 6.45) is 1.54. The maximum atomic E-state index is 12.0. The molecule has 0 radical (unpaired) electrons. The molecule has 23 heavy (non-hydrogen) atoms. The summed E-state index contributed by atoms with van der Waals surface area (Å²) in [5.41, 5.74) is 3.63. The van der Waals surface area contributed by atoms with E-state index < -0.39 is 18.5 Å². The van der Waals surface area contributed by atoms with Crippen LogP contribution in [0.4, 0.5) is 5.95 Å². The third-order valence-electron chi connectivity index (χ3n) is 2.95. The monoisotopic (exact) mass is 328 g/mol. The van der Waals surface area contributed by atoms with Gasteiger partial charge >= 0.3 is 5.97 Å². The van der Waals surface area contributed by atoms with Crippen LogP contribution < -0.4 is 5.32 Å². The SMILES string of the molecule is Cc1ccnc(NC(=O)COC(=O)c2ccc3ncsc3c2)n1. The van der Waals surface area contributed by atoms with Crippen LogP contribution in [0.5, 0.6) is 0 Å². The highest BCUT2D eigenvalue weighted by Gasteiger charge is 2.12. The number of amides is 1. The molecule has 0 spiro atoms. The van der Waals surface area contributed by atoms with Crippen LogP contribution in [0.25, 0.3) is 10.2 Å². The molecule has 1 amide bonds. The fraction of sp³-hybridized carbons (Fsp3) is 0.133. The maximum Gasteiger partial charge on any atom is 0.338 e. The lowest BCUT2D eigenvalue weighted by Crippen LogP contribution is -2.22. The molecular formula is C15H12N4O3S.